The van der Waals surface area contributed by atoms with Gasteiger partial charge in [-0.2, -0.15) is 0 Å². The van der Waals surface area contributed by atoms with Crippen molar-refractivity contribution in [1.82, 2.24) is 10.2 Å². The van der Waals surface area contributed by atoms with Gasteiger partial charge in [-0.25, -0.2) is 0 Å². The molecule has 4 heteroatoms. The molecule has 3 rings (SSSR count). The van der Waals surface area contributed by atoms with E-state index in [2.05, 4.69) is 24.1 Å². The van der Waals surface area contributed by atoms with Gasteiger partial charge in [-0.05, 0) is 26.7 Å². The number of carbonyl (C=O) groups excluding carboxylic acids is 1. The fourth-order valence-electron chi connectivity index (χ4n) is 2.81. The number of fused-ring (bicyclic) bond motifs is 3. The quantitative estimate of drug-likeness (QED) is 0.672. The third-order valence-corrected chi connectivity index (χ3v) is 3.74. The number of piperazine rings is 1. The lowest BCUT2D eigenvalue weighted by molar-refractivity contribution is -0.156. The van der Waals surface area contributed by atoms with Crippen molar-refractivity contribution >= 4 is 5.97 Å². The molecule has 3 fully saturated rings. The van der Waals surface area contributed by atoms with Gasteiger partial charge in [0.1, 0.15) is 5.54 Å². The van der Waals surface area contributed by atoms with Gasteiger partial charge in [-0.3, -0.25) is 15.0 Å². The number of hydrogen-bond acceptors (Lipinski definition) is 4. The number of rotatable bonds is 2. The number of nitrogens with one attached hydrogen (secondary N) is 1. The molecule has 2 bridgehead atoms. The van der Waals surface area contributed by atoms with Crippen LogP contribution in [0.1, 0.15) is 26.7 Å². The predicted molar refractivity (Wildman–Crippen MR) is 57.6 cm³/mol. The Kier molecular flexibility index (Phi) is 2.73. The van der Waals surface area contributed by atoms with E-state index in [1.807, 2.05) is 0 Å². The molecule has 1 N–H and O–H groups in total. The van der Waals surface area contributed by atoms with E-state index in [-0.39, 0.29) is 5.97 Å². The topological polar surface area (TPSA) is 41.6 Å². The molecule has 86 valence electrons. The molecular formula is C11H20N2O2. The predicted octanol–water partition coefficient (Wildman–Crippen LogP) is 0.374. The number of ether oxygens (including phenoxy) is 1. The van der Waals surface area contributed by atoms with E-state index in [0.29, 0.717) is 12.1 Å². The van der Waals surface area contributed by atoms with Crippen molar-refractivity contribution in [2.24, 2.45) is 0 Å². The van der Waals surface area contributed by atoms with Crippen molar-refractivity contribution in [2.75, 3.05) is 20.2 Å². The summed E-state index contributed by atoms with van der Waals surface area (Å²) in [5, 5.41) is 3.35. The highest BCUT2D eigenvalue weighted by molar-refractivity contribution is 5.81. The normalized spacial score (nSPS) is 35.9. The molecule has 3 saturated heterocycles. The third kappa shape index (κ3) is 1.66. The van der Waals surface area contributed by atoms with Crippen LogP contribution in [0.4, 0.5) is 0 Å². The standard InChI is InChI=1S/C11H20N2O2/c1-8(2)13-7-11(10(14)15-3)5-4-9(13)6-12-11/h8-9,12H,4-7H2,1-3H3. The molecule has 0 saturated carbocycles. The first-order chi connectivity index (χ1) is 7.09. The van der Waals surface area contributed by atoms with Crippen molar-refractivity contribution in [3.8, 4) is 0 Å². The number of nitrogens with zero attached hydrogens (tertiary/aromatic N) is 1. The van der Waals surface area contributed by atoms with Crippen LogP contribution in [0.2, 0.25) is 0 Å². The Labute approximate surface area is 91.0 Å². The van der Waals surface area contributed by atoms with Crippen LogP contribution in [-0.4, -0.2) is 48.7 Å². The summed E-state index contributed by atoms with van der Waals surface area (Å²) in [6.45, 7) is 6.08. The molecule has 2 atom stereocenters. The molecule has 3 heterocycles. The van der Waals surface area contributed by atoms with Gasteiger partial charge < -0.3 is 4.74 Å². The van der Waals surface area contributed by atoms with Crippen LogP contribution in [0.5, 0.6) is 0 Å². The Morgan fingerprint density at radius 3 is 2.80 bits per heavy atom. The lowest BCUT2D eigenvalue weighted by atomic mass is 9.80. The van der Waals surface area contributed by atoms with E-state index >= 15 is 0 Å². The third-order valence-electron chi connectivity index (χ3n) is 3.74. The molecule has 0 aromatic carbocycles. The maximum Gasteiger partial charge on any atom is 0.327 e. The Bertz CT molecular complexity index is 257. The second kappa shape index (κ2) is 3.76. The Morgan fingerprint density at radius 1 is 1.60 bits per heavy atom. The second-order valence-electron chi connectivity index (χ2n) is 4.91. The van der Waals surface area contributed by atoms with Gasteiger partial charge in [0.25, 0.3) is 0 Å². The van der Waals surface area contributed by atoms with Crippen LogP contribution in [0.15, 0.2) is 0 Å². The van der Waals surface area contributed by atoms with Crippen LogP contribution in [0.3, 0.4) is 0 Å². The number of hydrogen-bond donors (Lipinski definition) is 1. The molecule has 0 spiro atoms. The lowest BCUT2D eigenvalue weighted by Crippen LogP contribution is -2.72. The van der Waals surface area contributed by atoms with Crippen LogP contribution in [0.25, 0.3) is 0 Å². The summed E-state index contributed by atoms with van der Waals surface area (Å²) >= 11 is 0. The second-order valence-corrected chi connectivity index (χ2v) is 4.91. The Balaban J connectivity index is 2.17. The molecule has 2 unspecified atom stereocenters. The summed E-state index contributed by atoms with van der Waals surface area (Å²) < 4.78 is 4.91. The minimum atomic E-state index is -0.437. The van der Waals surface area contributed by atoms with E-state index in [1.54, 1.807) is 0 Å². The average Bonchev–Trinajstić information content (AvgIpc) is 2.29. The average molecular weight is 212 g/mol. The molecule has 3 aliphatic rings. The first-order valence-corrected chi connectivity index (χ1v) is 5.68. The fraction of sp³-hybridized carbons (Fsp3) is 0.909. The van der Waals surface area contributed by atoms with Gasteiger partial charge in [0.05, 0.1) is 7.11 Å². The molecule has 0 radical (unpaired) electrons. The van der Waals surface area contributed by atoms with Gasteiger partial charge >= 0.3 is 5.97 Å². The van der Waals surface area contributed by atoms with E-state index < -0.39 is 5.54 Å². The highest BCUT2D eigenvalue weighted by Crippen LogP contribution is 2.32. The first kappa shape index (κ1) is 10.9. The van der Waals surface area contributed by atoms with Crippen LogP contribution >= 0.6 is 0 Å². The zero-order chi connectivity index (χ0) is 11.1. The van der Waals surface area contributed by atoms with Crippen LogP contribution < -0.4 is 5.32 Å². The van der Waals surface area contributed by atoms with Gasteiger partial charge in [0.15, 0.2) is 0 Å². The highest BCUT2D eigenvalue weighted by atomic mass is 16.5. The number of methoxy groups -OCH3 is 1. The van der Waals surface area contributed by atoms with Crippen LogP contribution in [-0.2, 0) is 9.53 Å². The highest BCUT2D eigenvalue weighted by Gasteiger charge is 2.50. The number of carbonyl (C=O) groups is 1. The summed E-state index contributed by atoms with van der Waals surface area (Å²) in [5.74, 6) is -0.105. The SMILES string of the molecule is COC(=O)C12CCC(CN1)N(C(C)C)C2. The Hall–Kier alpha value is -0.610. The molecule has 0 amide bonds. The fourth-order valence-corrected chi connectivity index (χ4v) is 2.81. The maximum atomic E-state index is 11.8. The summed E-state index contributed by atoms with van der Waals surface area (Å²) in [6.07, 6.45) is 2.01. The van der Waals surface area contributed by atoms with Crippen molar-refractivity contribution in [1.29, 1.82) is 0 Å². The van der Waals surface area contributed by atoms with Gasteiger partial charge in [-0.1, -0.05) is 0 Å². The zero-order valence-electron chi connectivity index (χ0n) is 9.75. The molecule has 0 aromatic heterocycles. The van der Waals surface area contributed by atoms with Crippen molar-refractivity contribution in [3.63, 3.8) is 0 Å². The summed E-state index contributed by atoms with van der Waals surface area (Å²) in [5.41, 5.74) is -0.437. The molecule has 15 heavy (non-hydrogen) atoms. The van der Waals surface area contributed by atoms with Crippen molar-refractivity contribution in [3.05, 3.63) is 0 Å². The molecular weight excluding hydrogens is 192 g/mol. The summed E-state index contributed by atoms with van der Waals surface area (Å²) in [4.78, 5) is 14.2. The van der Waals surface area contributed by atoms with E-state index in [9.17, 15) is 4.79 Å². The van der Waals surface area contributed by atoms with Gasteiger partial charge in [-0.15, -0.1) is 0 Å². The van der Waals surface area contributed by atoms with E-state index in [1.165, 1.54) is 7.11 Å². The zero-order valence-corrected chi connectivity index (χ0v) is 9.75. The maximum absolute atomic E-state index is 11.8. The smallest absolute Gasteiger partial charge is 0.327 e. The summed E-state index contributed by atoms with van der Waals surface area (Å²) in [6, 6.07) is 1.10. The number of esters is 1. The van der Waals surface area contributed by atoms with Gasteiger partial charge in [0, 0.05) is 25.2 Å². The van der Waals surface area contributed by atoms with Crippen LogP contribution in [0, 0.1) is 0 Å². The molecule has 3 aliphatic heterocycles. The van der Waals surface area contributed by atoms with E-state index in [0.717, 1.165) is 25.9 Å². The minimum absolute atomic E-state index is 0.105. The van der Waals surface area contributed by atoms with Crippen molar-refractivity contribution < 1.29 is 9.53 Å². The Morgan fingerprint density at radius 2 is 2.33 bits per heavy atom. The monoisotopic (exact) mass is 212 g/mol. The van der Waals surface area contributed by atoms with Crippen molar-refractivity contribution in [2.45, 2.75) is 44.3 Å². The minimum Gasteiger partial charge on any atom is -0.468 e. The largest absolute Gasteiger partial charge is 0.468 e. The summed E-state index contributed by atoms with van der Waals surface area (Å²) in [7, 11) is 1.47. The van der Waals surface area contributed by atoms with E-state index in [4.69, 9.17) is 4.74 Å². The van der Waals surface area contributed by atoms with Gasteiger partial charge in [0.2, 0.25) is 0 Å². The lowest BCUT2D eigenvalue weighted by Gasteiger charge is -2.53. The molecule has 0 aliphatic carbocycles. The first-order valence-electron chi connectivity index (χ1n) is 5.68. The molecule has 4 nitrogen and oxygen atoms in total. The molecule has 0 aromatic rings. The number of piperidine rings is 2.